The van der Waals surface area contributed by atoms with Gasteiger partial charge in [0.15, 0.2) is 0 Å². The molecule has 0 fully saturated rings. The maximum atomic E-state index is 12.5. The minimum Gasteiger partial charge on any atom is -0.207 e. The van der Waals surface area contributed by atoms with Crippen LogP contribution in [0.4, 0.5) is 0 Å². The van der Waals surface area contributed by atoms with Gasteiger partial charge in [-0.15, -0.1) is 0 Å². The van der Waals surface area contributed by atoms with Gasteiger partial charge in [-0.3, -0.25) is 0 Å². The minimum atomic E-state index is -3.51. The molecular formula is C19H19NO2S. The SMILES string of the molecule is Cc1ccc(C)c(S(=O)(=O)NCc2ccc3ccccc3c2)c1. The molecule has 0 amide bonds. The minimum absolute atomic E-state index is 0.278. The monoisotopic (exact) mass is 325 g/mol. The Morgan fingerprint density at radius 3 is 2.39 bits per heavy atom. The maximum absolute atomic E-state index is 12.5. The molecule has 0 saturated carbocycles. The third kappa shape index (κ3) is 3.44. The van der Waals surface area contributed by atoms with Crippen molar-refractivity contribution in [3.8, 4) is 0 Å². The predicted molar refractivity (Wildman–Crippen MR) is 93.9 cm³/mol. The summed E-state index contributed by atoms with van der Waals surface area (Å²) in [6.45, 7) is 3.98. The van der Waals surface area contributed by atoms with E-state index in [1.807, 2.05) is 68.4 Å². The van der Waals surface area contributed by atoms with E-state index in [0.717, 1.165) is 27.5 Å². The summed E-state index contributed by atoms with van der Waals surface area (Å²) in [5, 5.41) is 2.25. The van der Waals surface area contributed by atoms with E-state index in [9.17, 15) is 8.42 Å². The van der Waals surface area contributed by atoms with Crippen molar-refractivity contribution in [3.05, 3.63) is 77.4 Å². The quantitative estimate of drug-likeness (QED) is 0.790. The molecule has 0 spiro atoms. The Balaban J connectivity index is 1.84. The largest absolute Gasteiger partial charge is 0.241 e. The molecule has 3 aromatic rings. The van der Waals surface area contributed by atoms with E-state index >= 15 is 0 Å². The number of sulfonamides is 1. The molecule has 0 saturated heterocycles. The van der Waals surface area contributed by atoms with Crippen molar-refractivity contribution >= 4 is 20.8 Å². The first-order chi connectivity index (χ1) is 11.0. The summed E-state index contributed by atoms with van der Waals surface area (Å²) in [4.78, 5) is 0.346. The molecule has 1 N–H and O–H groups in total. The van der Waals surface area contributed by atoms with Gasteiger partial charge in [-0.2, -0.15) is 0 Å². The van der Waals surface area contributed by atoms with Gasteiger partial charge < -0.3 is 0 Å². The first-order valence-electron chi connectivity index (χ1n) is 7.50. The molecule has 23 heavy (non-hydrogen) atoms. The smallest absolute Gasteiger partial charge is 0.207 e. The average Bonchev–Trinajstić information content (AvgIpc) is 2.55. The number of nitrogens with one attached hydrogen (secondary N) is 1. The third-order valence-corrected chi connectivity index (χ3v) is 5.46. The van der Waals surface area contributed by atoms with E-state index in [0.29, 0.717) is 4.90 Å². The van der Waals surface area contributed by atoms with E-state index in [1.165, 1.54) is 0 Å². The molecule has 118 valence electrons. The van der Waals surface area contributed by atoms with Crippen LogP contribution in [0.25, 0.3) is 10.8 Å². The van der Waals surface area contributed by atoms with Gasteiger partial charge in [0, 0.05) is 6.54 Å². The van der Waals surface area contributed by atoms with Crippen LogP contribution in [0.1, 0.15) is 16.7 Å². The predicted octanol–water partition coefficient (Wildman–Crippen LogP) is 3.94. The molecule has 3 aromatic carbocycles. The first kappa shape index (κ1) is 15.7. The molecule has 4 heteroatoms. The van der Waals surface area contributed by atoms with Gasteiger partial charge in [0.05, 0.1) is 4.90 Å². The van der Waals surface area contributed by atoms with Crippen molar-refractivity contribution in [3.63, 3.8) is 0 Å². The van der Waals surface area contributed by atoms with Crippen molar-refractivity contribution < 1.29 is 8.42 Å². The molecule has 0 atom stereocenters. The highest BCUT2D eigenvalue weighted by molar-refractivity contribution is 7.89. The van der Waals surface area contributed by atoms with Crippen LogP contribution in [0.5, 0.6) is 0 Å². The molecule has 0 bridgehead atoms. The zero-order valence-electron chi connectivity index (χ0n) is 13.2. The van der Waals surface area contributed by atoms with Crippen molar-refractivity contribution in [2.45, 2.75) is 25.3 Å². The highest BCUT2D eigenvalue weighted by Crippen LogP contribution is 2.18. The fraction of sp³-hybridized carbons (Fsp3) is 0.158. The Morgan fingerprint density at radius 2 is 1.61 bits per heavy atom. The van der Waals surface area contributed by atoms with Crippen LogP contribution in [0, 0.1) is 13.8 Å². The Labute approximate surface area is 137 Å². The number of fused-ring (bicyclic) bond motifs is 1. The molecule has 0 heterocycles. The Bertz CT molecular complexity index is 962. The molecule has 0 unspecified atom stereocenters. The molecule has 0 radical (unpaired) electrons. The van der Waals surface area contributed by atoms with Crippen LogP contribution in [0.2, 0.25) is 0 Å². The number of hydrogen-bond donors (Lipinski definition) is 1. The number of rotatable bonds is 4. The summed E-state index contributed by atoms with van der Waals surface area (Å²) in [5.41, 5.74) is 2.63. The van der Waals surface area contributed by atoms with Gasteiger partial charge >= 0.3 is 0 Å². The number of hydrogen-bond acceptors (Lipinski definition) is 2. The van der Waals surface area contributed by atoms with Crippen LogP contribution in [0.3, 0.4) is 0 Å². The average molecular weight is 325 g/mol. The Hall–Kier alpha value is -2.17. The lowest BCUT2D eigenvalue weighted by Crippen LogP contribution is -2.24. The summed E-state index contributed by atoms with van der Waals surface area (Å²) in [5.74, 6) is 0. The standard InChI is InChI=1S/C19H19NO2S/c1-14-7-8-15(2)19(11-14)23(21,22)20-13-16-9-10-17-5-3-4-6-18(17)12-16/h3-12,20H,13H2,1-2H3. The van der Waals surface area contributed by atoms with Crippen molar-refractivity contribution in [1.82, 2.24) is 4.72 Å². The van der Waals surface area contributed by atoms with Crippen molar-refractivity contribution in [2.24, 2.45) is 0 Å². The second kappa shape index (κ2) is 6.14. The van der Waals surface area contributed by atoms with Crippen LogP contribution in [-0.2, 0) is 16.6 Å². The molecule has 0 aliphatic rings. The highest BCUT2D eigenvalue weighted by atomic mass is 32.2. The number of aryl methyl sites for hydroxylation is 2. The van der Waals surface area contributed by atoms with Crippen molar-refractivity contribution in [2.75, 3.05) is 0 Å². The van der Waals surface area contributed by atoms with Crippen LogP contribution < -0.4 is 4.72 Å². The van der Waals surface area contributed by atoms with Gasteiger partial charge in [0.2, 0.25) is 10.0 Å². The lowest BCUT2D eigenvalue weighted by Gasteiger charge is -2.10. The van der Waals surface area contributed by atoms with Gasteiger partial charge in [0.25, 0.3) is 0 Å². The zero-order chi connectivity index (χ0) is 16.4. The number of benzene rings is 3. The lowest BCUT2D eigenvalue weighted by molar-refractivity contribution is 0.580. The molecule has 3 rings (SSSR count). The van der Waals surface area contributed by atoms with Crippen LogP contribution in [-0.4, -0.2) is 8.42 Å². The molecule has 3 nitrogen and oxygen atoms in total. The summed E-state index contributed by atoms with van der Waals surface area (Å²) in [7, 11) is -3.51. The molecule has 0 aliphatic heterocycles. The van der Waals surface area contributed by atoms with E-state index in [1.54, 1.807) is 6.07 Å². The first-order valence-corrected chi connectivity index (χ1v) is 8.99. The second-order valence-corrected chi connectivity index (χ2v) is 7.51. The fourth-order valence-electron chi connectivity index (χ4n) is 2.60. The molecular weight excluding hydrogens is 306 g/mol. The molecule has 0 aliphatic carbocycles. The van der Waals surface area contributed by atoms with E-state index in [4.69, 9.17) is 0 Å². The van der Waals surface area contributed by atoms with Crippen molar-refractivity contribution in [1.29, 1.82) is 0 Å². The normalized spacial score (nSPS) is 11.7. The topological polar surface area (TPSA) is 46.2 Å². The van der Waals surface area contributed by atoms with Gasteiger partial charge in [-0.05, 0) is 53.4 Å². The fourth-order valence-corrected chi connectivity index (χ4v) is 3.95. The van der Waals surface area contributed by atoms with Gasteiger partial charge in [-0.1, -0.05) is 48.5 Å². The van der Waals surface area contributed by atoms with E-state index < -0.39 is 10.0 Å². The Kier molecular flexibility index (Phi) is 4.20. The summed E-state index contributed by atoms with van der Waals surface area (Å²) in [6.07, 6.45) is 0. The van der Waals surface area contributed by atoms with E-state index in [-0.39, 0.29) is 6.54 Å². The van der Waals surface area contributed by atoms with Gasteiger partial charge in [0.1, 0.15) is 0 Å². The second-order valence-electron chi connectivity index (χ2n) is 5.78. The maximum Gasteiger partial charge on any atom is 0.241 e. The highest BCUT2D eigenvalue weighted by Gasteiger charge is 2.16. The Morgan fingerprint density at radius 1 is 0.870 bits per heavy atom. The molecule has 0 aromatic heterocycles. The van der Waals surface area contributed by atoms with Crippen LogP contribution in [0.15, 0.2) is 65.6 Å². The van der Waals surface area contributed by atoms with Crippen LogP contribution >= 0.6 is 0 Å². The lowest BCUT2D eigenvalue weighted by atomic mass is 10.1. The third-order valence-electron chi connectivity index (χ3n) is 3.91. The van der Waals surface area contributed by atoms with E-state index in [2.05, 4.69) is 4.72 Å². The summed E-state index contributed by atoms with van der Waals surface area (Å²) >= 11 is 0. The van der Waals surface area contributed by atoms with Gasteiger partial charge in [-0.25, -0.2) is 13.1 Å². The zero-order valence-corrected chi connectivity index (χ0v) is 14.0. The summed E-state index contributed by atoms with van der Waals surface area (Å²) in [6, 6.07) is 19.5. The summed E-state index contributed by atoms with van der Waals surface area (Å²) < 4.78 is 27.8.